The molecule has 1 heterocycles. The fourth-order valence-corrected chi connectivity index (χ4v) is 2.84. The van der Waals surface area contributed by atoms with Gasteiger partial charge in [-0.2, -0.15) is 0 Å². The first kappa shape index (κ1) is 17.4. The van der Waals surface area contributed by atoms with E-state index in [1.165, 1.54) is 24.3 Å². The first-order chi connectivity index (χ1) is 11.0. The number of piperidine rings is 1. The van der Waals surface area contributed by atoms with Gasteiger partial charge in [-0.1, -0.05) is 0 Å². The predicted molar refractivity (Wildman–Crippen MR) is 86.6 cm³/mol. The maximum absolute atomic E-state index is 13.0. The minimum absolute atomic E-state index is 0.0804. The van der Waals surface area contributed by atoms with Crippen LogP contribution in [-0.4, -0.2) is 61.9 Å². The zero-order chi connectivity index (χ0) is 16.8. The average Bonchev–Trinajstić information content (AvgIpc) is 2.59. The third kappa shape index (κ3) is 4.51. The normalized spacial score (nSPS) is 17.9. The SMILES string of the molecule is CNCCN(C)C(=O)C1CCCN(C(=O)c2ccc(F)cc2)C1. The van der Waals surface area contributed by atoms with Gasteiger partial charge in [0.15, 0.2) is 0 Å². The molecule has 1 N–H and O–H groups in total. The lowest BCUT2D eigenvalue weighted by atomic mass is 9.96. The fourth-order valence-electron chi connectivity index (χ4n) is 2.84. The number of likely N-dealkylation sites (tertiary alicyclic amines) is 1. The van der Waals surface area contributed by atoms with E-state index >= 15 is 0 Å². The van der Waals surface area contributed by atoms with Crippen molar-refractivity contribution < 1.29 is 14.0 Å². The molecule has 1 aromatic carbocycles. The fraction of sp³-hybridized carbons (Fsp3) is 0.529. The second-order valence-electron chi connectivity index (χ2n) is 5.96. The van der Waals surface area contributed by atoms with E-state index in [-0.39, 0.29) is 23.5 Å². The van der Waals surface area contributed by atoms with Gasteiger partial charge in [0.1, 0.15) is 5.82 Å². The monoisotopic (exact) mass is 321 g/mol. The van der Waals surface area contributed by atoms with E-state index in [4.69, 9.17) is 0 Å². The molecule has 0 saturated carbocycles. The zero-order valence-corrected chi connectivity index (χ0v) is 13.7. The molecule has 0 bridgehead atoms. The van der Waals surface area contributed by atoms with Crippen LogP contribution < -0.4 is 5.32 Å². The molecule has 23 heavy (non-hydrogen) atoms. The number of hydrogen-bond acceptors (Lipinski definition) is 3. The molecule has 1 aromatic rings. The van der Waals surface area contributed by atoms with E-state index in [2.05, 4.69) is 5.32 Å². The summed E-state index contributed by atoms with van der Waals surface area (Å²) in [7, 11) is 3.64. The van der Waals surface area contributed by atoms with Crippen molar-refractivity contribution in [2.24, 2.45) is 5.92 Å². The number of amides is 2. The highest BCUT2D eigenvalue weighted by Crippen LogP contribution is 2.20. The molecule has 1 aliphatic rings. The molecule has 1 fully saturated rings. The van der Waals surface area contributed by atoms with Crippen LogP contribution in [0.15, 0.2) is 24.3 Å². The molecule has 0 radical (unpaired) electrons. The first-order valence-corrected chi connectivity index (χ1v) is 7.97. The Kier molecular flexibility index (Phi) is 6.10. The molecule has 1 atom stereocenters. The lowest BCUT2D eigenvalue weighted by Crippen LogP contribution is -2.46. The Hall–Kier alpha value is -1.95. The lowest BCUT2D eigenvalue weighted by Gasteiger charge is -2.34. The Bertz CT molecular complexity index is 547. The highest BCUT2D eigenvalue weighted by atomic mass is 19.1. The summed E-state index contributed by atoms with van der Waals surface area (Å²) in [5.74, 6) is -0.577. The van der Waals surface area contributed by atoms with Gasteiger partial charge in [-0.3, -0.25) is 9.59 Å². The zero-order valence-electron chi connectivity index (χ0n) is 13.7. The molecule has 1 aliphatic heterocycles. The van der Waals surface area contributed by atoms with E-state index in [0.29, 0.717) is 25.2 Å². The first-order valence-electron chi connectivity index (χ1n) is 7.97. The van der Waals surface area contributed by atoms with Gasteiger partial charge in [-0.15, -0.1) is 0 Å². The van der Waals surface area contributed by atoms with E-state index in [0.717, 1.165) is 19.4 Å². The average molecular weight is 321 g/mol. The van der Waals surface area contributed by atoms with Crippen molar-refractivity contribution in [3.05, 3.63) is 35.6 Å². The number of rotatable bonds is 5. The summed E-state index contributed by atoms with van der Waals surface area (Å²) in [6.45, 7) is 2.46. The second-order valence-corrected chi connectivity index (χ2v) is 5.96. The largest absolute Gasteiger partial charge is 0.344 e. The number of hydrogen-bond donors (Lipinski definition) is 1. The number of nitrogens with one attached hydrogen (secondary N) is 1. The van der Waals surface area contributed by atoms with Gasteiger partial charge in [-0.05, 0) is 44.2 Å². The Morgan fingerprint density at radius 2 is 2.04 bits per heavy atom. The summed E-state index contributed by atoms with van der Waals surface area (Å²) >= 11 is 0. The van der Waals surface area contributed by atoms with Crippen molar-refractivity contribution in [3.8, 4) is 0 Å². The Morgan fingerprint density at radius 1 is 1.35 bits per heavy atom. The van der Waals surface area contributed by atoms with E-state index < -0.39 is 0 Å². The number of carbonyl (C=O) groups is 2. The number of carbonyl (C=O) groups excluding carboxylic acids is 2. The molecule has 0 aliphatic carbocycles. The maximum atomic E-state index is 13.0. The van der Waals surface area contributed by atoms with Crippen LogP contribution in [0.3, 0.4) is 0 Å². The van der Waals surface area contributed by atoms with Gasteiger partial charge < -0.3 is 15.1 Å². The van der Waals surface area contributed by atoms with Crippen LogP contribution in [0.5, 0.6) is 0 Å². The van der Waals surface area contributed by atoms with E-state index in [9.17, 15) is 14.0 Å². The molecule has 0 aromatic heterocycles. The minimum atomic E-state index is -0.362. The van der Waals surface area contributed by atoms with Crippen LogP contribution in [0.2, 0.25) is 0 Å². The third-order valence-electron chi connectivity index (χ3n) is 4.22. The van der Waals surface area contributed by atoms with Crippen LogP contribution in [0.4, 0.5) is 4.39 Å². The van der Waals surface area contributed by atoms with Crippen LogP contribution in [0.25, 0.3) is 0 Å². The predicted octanol–water partition coefficient (Wildman–Crippen LogP) is 1.36. The van der Waals surface area contributed by atoms with Crippen LogP contribution in [-0.2, 0) is 4.79 Å². The van der Waals surface area contributed by atoms with Crippen molar-refractivity contribution in [1.82, 2.24) is 15.1 Å². The molecular formula is C17H24FN3O2. The Balaban J connectivity index is 1.98. The van der Waals surface area contributed by atoms with Gasteiger partial charge in [0, 0.05) is 38.8 Å². The standard InChI is InChI=1S/C17H24FN3O2/c1-19-9-11-20(2)16(22)14-4-3-10-21(12-14)17(23)13-5-7-15(18)8-6-13/h5-8,14,19H,3-4,9-12H2,1-2H3. The van der Waals surface area contributed by atoms with Crippen LogP contribution in [0, 0.1) is 11.7 Å². The number of likely N-dealkylation sites (N-methyl/N-ethyl adjacent to an activating group) is 2. The molecule has 5 nitrogen and oxygen atoms in total. The summed E-state index contributed by atoms with van der Waals surface area (Å²) in [4.78, 5) is 28.4. The number of benzene rings is 1. The van der Waals surface area contributed by atoms with E-state index in [1.807, 2.05) is 7.05 Å². The summed E-state index contributed by atoms with van der Waals surface area (Å²) in [5, 5.41) is 3.02. The smallest absolute Gasteiger partial charge is 0.253 e. The van der Waals surface area contributed by atoms with Crippen LogP contribution >= 0.6 is 0 Å². The number of nitrogens with zero attached hydrogens (tertiary/aromatic N) is 2. The summed E-state index contributed by atoms with van der Waals surface area (Å²) < 4.78 is 13.0. The van der Waals surface area contributed by atoms with Crippen molar-refractivity contribution in [3.63, 3.8) is 0 Å². The van der Waals surface area contributed by atoms with Crippen molar-refractivity contribution in [2.45, 2.75) is 12.8 Å². The van der Waals surface area contributed by atoms with Crippen LogP contribution in [0.1, 0.15) is 23.2 Å². The molecule has 1 saturated heterocycles. The van der Waals surface area contributed by atoms with Gasteiger partial charge in [0.2, 0.25) is 5.91 Å². The molecule has 0 spiro atoms. The van der Waals surface area contributed by atoms with Gasteiger partial charge >= 0.3 is 0 Å². The van der Waals surface area contributed by atoms with Gasteiger partial charge in [-0.25, -0.2) is 4.39 Å². The minimum Gasteiger partial charge on any atom is -0.344 e. The third-order valence-corrected chi connectivity index (χ3v) is 4.22. The van der Waals surface area contributed by atoms with Gasteiger partial charge in [0.25, 0.3) is 5.91 Å². The van der Waals surface area contributed by atoms with Crippen molar-refractivity contribution in [2.75, 3.05) is 40.3 Å². The Morgan fingerprint density at radius 3 is 2.70 bits per heavy atom. The highest BCUT2D eigenvalue weighted by Gasteiger charge is 2.30. The lowest BCUT2D eigenvalue weighted by molar-refractivity contribution is -0.135. The highest BCUT2D eigenvalue weighted by molar-refractivity contribution is 5.94. The molecule has 2 amide bonds. The van der Waals surface area contributed by atoms with Gasteiger partial charge in [0.05, 0.1) is 5.92 Å². The summed E-state index contributed by atoms with van der Waals surface area (Å²) in [5.41, 5.74) is 0.461. The molecular weight excluding hydrogens is 297 g/mol. The Labute approximate surface area is 136 Å². The quantitative estimate of drug-likeness (QED) is 0.891. The summed E-state index contributed by atoms with van der Waals surface area (Å²) in [6.07, 6.45) is 1.61. The van der Waals surface area contributed by atoms with Crippen molar-refractivity contribution >= 4 is 11.8 Å². The summed E-state index contributed by atoms with van der Waals surface area (Å²) in [6, 6.07) is 5.54. The second kappa shape index (κ2) is 8.06. The molecule has 126 valence electrons. The maximum Gasteiger partial charge on any atom is 0.253 e. The molecule has 1 unspecified atom stereocenters. The van der Waals surface area contributed by atoms with E-state index in [1.54, 1.807) is 16.8 Å². The number of halogens is 1. The van der Waals surface area contributed by atoms with Crippen molar-refractivity contribution in [1.29, 1.82) is 0 Å². The molecule has 2 rings (SSSR count). The molecule has 6 heteroatoms. The topological polar surface area (TPSA) is 52.7 Å².